The van der Waals surface area contributed by atoms with Crippen LogP contribution in [-0.2, 0) is 0 Å². The Hall–Kier alpha value is -2.62. The maximum Gasteiger partial charge on any atom is 0.258 e. The number of nitrogens with zero attached hydrogens (tertiary/aromatic N) is 2. The third-order valence-corrected chi connectivity index (χ3v) is 3.19. The maximum atomic E-state index is 12.1. The van der Waals surface area contributed by atoms with Gasteiger partial charge in [-0.1, -0.05) is 12.1 Å². The van der Waals surface area contributed by atoms with Gasteiger partial charge in [0.2, 0.25) is 0 Å². The number of fused-ring (bicyclic) bond motifs is 1. The molecule has 0 spiro atoms. The van der Waals surface area contributed by atoms with Crippen molar-refractivity contribution in [2.24, 2.45) is 0 Å². The predicted molar refractivity (Wildman–Crippen MR) is 78.2 cm³/mol. The zero-order chi connectivity index (χ0) is 14.1. The summed E-state index contributed by atoms with van der Waals surface area (Å²) in [6, 6.07) is 12.9. The van der Waals surface area contributed by atoms with Gasteiger partial charge in [-0.05, 0) is 36.8 Å². The summed E-state index contributed by atoms with van der Waals surface area (Å²) in [6.07, 6.45) is 1.75. The van der Waals surface area contributed by atoms with Crippen LogP contribution in [0.25, 0.3) is 16.9 Å². The van der Waals surface area contributed by atoms with Gasteiger partial charge in [-0.3, -0.25) is 9.20 Å². The van der Waals surface area contributed by atoms with Gasteiger partial charge in [-0.15, -0.1) is 0 Å². The molecule has 4 nitrogen and oxygen atoms in total. The minimum absolute atomic E-state index is 0.0900. The number of methoxy groups -OCH3 is 1. The first kappa shape index (κ1) is 12.4. The number of benzene rings is 1. The van der Waals surface area contributed by atoms with E-state index in [9.17, 15) is 4.79 Å². The summed E-state index contributed by atoms with van der Waals surface area (Å²) < 4.78 is 6.74. The summed E-state index contributed by atoms with van der Waals surface area (Å²) in [7, 11) is 1.62. The quantitative estimate of drug-likeness (QED) is 0.716. The topological polar surface area (TPSA) is 43.6 Å². The smallest absolute Gasteiger partial charge is 0.258 e. The lowest BCUT2D eigenvalue weighted by molar-refractivity contribution is 0.415. The molecule has 4 heteroatoms. The number of hydrogen-bond acceptors (Lipinski definition) is 3. The van der Waals surface area contributed by atoms with E-state index in [2.05, 4.69) is 4.98 Å². The number of ether oxygens (including phenoxy) is 1. The number of pyridine rings is 1. The van der Waals surface area contributed by atoms with Crippen LogP contribution in [-0.4, -0.2) is 16.5 Å². The van der Waals surface area contributed by atoms with E-state index in [0.717, 1.165) is 16.9 Å². The SMILES string of the molecule is COc1cccc(-c2cc(=O)n3ccc(C)cc3n2)c1. The van der Waals surface area contributed by atoms with Gasteiger partial charge < -0.3 is 4.74 Å². The zero-order valence-corrected chi connectivity index (χ0v) is 11.3. The number of aromatic nitrogens is 2. The van der Waals surface area contributed by atoms with E-state index in [0.29, 0.717) is 11.3 Å². The number of aryl methyl sites for hydroxylation is 1. The summed E-state index contributed by atoms with van der Waals surface area (Å²) in [5, 5.41) is 0. The van der Waals surface area contributed by atoms with Crippen molar-refractivity contribution in [3.05, 3.63) is 64.6 Å². The Morgan fingerprint density at radius 2 is 2.00 bits per heavy atom. The van der Waals surface area contributed by atoms with Gasteiger partial charge in [-0.2, -0.15) is 0 Å². The second-order valence-electron chi connectivity index (χ2n) is 4.64. The van der Waals surface area contributed by atoms with E-state index in [-0.39, 0.29) is 5.56 Å². The maximum absolute atomic E-state index is 12.1. The highest BCUT2D eigenvalue weighted by atomic mass is 16.5. The minimum atomic E-state index is -0.0900. The third kappa shape index (κ3) is 2.16. The molecule has 0 bridgehead atoms. The molecule has 0 N–H and O–H groups in total. The van der Waals surface area contributed by atoms with Gasteiger partial charge in [-0.25, -0.2) is 4.98 Å². The molecule has 20 heavy (non-hydrogen) atoms. The highest BCUT2D eigenvalue weighted by Crippen LogP contribution is 2.21. The second kappa shape index (κ2) is 4.81. The molecule has 0 aliphatic heterocycles. The molecule has 2 aromatic heterocycles. The van der Waals surface area contributed by atoms with Crippen molar-refractivity contribution >= 4 is 5.65 Å². The first-order valence-electron chi connectivity index (χ1n) is 6.32. The highest BCUT2D eigenvalue weighted by Gasteiger charge is 2.05. The van der Waals surface area contributed by atoms with Crippen molar-refractivity contribution < 1.29 is 4.74 Å². The molecule has 3 rings (SSSR count). The molecule has 2 heterocycles. The standard InChI is InChI=1S/C16H14N2O2/c1-11-6-7-18-15(8-11)17-14(10-16(18)19)12-4-3-5-13(9-12)20-2/h3-10H,1-2H3. The van der Waals surface area contributed by atoms with Crippen molar-refractivity contribution in [1.29, 1.82) is 0 Å². The van der Waals surface area contributed by atoms with Gasteiger partial charge in [0, 0.05) is 17.8 Å². The molecule has 0 atom stereocenters. The Morgan fingerprint density at radius 1 is 1.15 bits per heavy atom. The van der Waals surface area contributed by atoms with Crippen LogP contribution in [0.3, 0.4) is 0 Å². The Labute approximate surface area is 116 Å². The lowest BCUT2D eigenvalue weighted by atomic mass is 10.1. The van der Waals surface area contributed by atoms with Crippen molar-refractivity contribution in [2.45, 2.75) is 6.92 Å². The highest BCUT2D eigenvalue weighted by molar-refractivity contribution is 5.63. The molecular weight excluding hydrogens is 252 g/mol. The van der Waals surface area contributed by atoms with Gasteiger partial charge in [0.25, 0.3) is 5.56 Å². The van der Waals surface area contributed by atoms with Crippen LogP contribution in [0.5, 0.6) is 5.75 Å². The number of hydrogen-bond donors (Lipinski definition) is 0. The van der Waals surface area contributed by atoms with Gasteiger partial charge in [0.1, 0.15) is 11.4 Å². The molecule has 0 unspecified atom stereocenters. The third-order valence-electron chi connectivity index (χ3n) is 3.19. The molecule has 0 amide bonds. The summed E-state index contributed by atoms with van der Waals surface area (Å²) in [6.45, 7) is 1.98. The summed E-state index contributed by atoms with van der Waals surface area (Å²) in [5.74, 6) is 0.744. The fraction of sp³-hybridized carbons (Fsp3) is 0.125. The number of rotatable bonds is 2. The fourth-order valence-electron chi connectivity index (χ4n) is 2.13. The predicted octanol–water partition coefficient (Wildman–Crippen LogP) is 2.68. The van der Waals surface area contributed by atoms with Gasteiger partial charge >= 0.3 is 0 Å². The summed E-state index contributed by atoms with van der Waals surface area (Å²) >= 11 is 0. The van der Waals surface area contributed by atoms with Crippen molar-refractivity contribution in [3.63, 3.8) is 0 Å². The molecule has 0 aliphatic carbocycles. The molecular formula is C16H14N2O2. The average Bonchev–Trinajstić information content (AvgIpc) is 2.46. The molecule has 0 radical (unpaired) electrons. The molecule has 0 aliphatic rings. The molecule has 0 saturated heterocycles. The summed E-state index contributed by atoms with van der Waals surface area (Å²) in [5.41, 5.74) is 3.15. The van der Waals surface area contributed by atoms with Crippen LogP contribution < -0.4 is 10.3 Å². The Kier molecular flexibility index (Phi) is 2.99. The van der Waals surface area contributed by atoms with Gasteiger partial charge in [0.05, 0.1) is 12.8 Å². The van der Waals surface area contributed by atoms with Crippen LogP contribution in [0.4, 0.5) is 0 Å². The Morgan fingerprint density at radius 3 is 2.80 bits per heavy atom. The van der Waals surface area contributed by atoms with Gasteiger partial charge in [0.15, 0.2) is 0 Å². The molecule has 3 aromatic rings. The molecule has 100 valence electrons. The van der Waals surface area contributed by atoms with E-state index < -0.39 is 0 Å². The van der Waals surface area contributed by atoms with Crippen molar-refractivity contribution in [3.8, 4) is 17.0 Å². The average molecular weight is 266 g/mol. The minimum Gasteiger partial charge on any atom is -0.497 e. The van der Waals surface area contributed by atoms with Crippen LogP contribution >= 0.6 is 0 Å². The van der Waals surface area contributed by atoms with Crippen LogP contribution in [0.1, 0.15) is 5.56 Å². The van der Waals surface area contributed by atoms with E-state index in [4.69, 9.17) is 4.74 Å². The normalized spacial score (nSPS) is 10.7. The van der Waals surface area contributed by atoms with Crippen LogP contribution in [0.15, 0.2) is 53.5 Å². The summed E-state index contributed by atoms with van der Waals surface area (Å²) in [4.78, 5) is 16.7. The van der Waals surface area contributed by atoms with Crippen molar-refractivity contribution in [1.82, 2.24) is 9.38 Å². The molecule has 0 fully saturated rings. The second-order valence-corrected chi connectivity index (χ2v) is 4.64. The van der Waals surface area contributed by atoms with Crippen molar-refractivity contribution in [2.75, 3.05) is 7.11 Å². The Balaban J connectivity index is 2.23. The molecule has 1 aromatic carbocycles. The lowest BCUT2D eigenvalue weighted by Gasteiger charge is -2.06. The van der Waals surface area contributed by atoms with E-state index in [1.165, 1.54) is 10.5 Å². The Bertz CT molecular complexity index is 837. The largest absolute Gasteiger partial charge is 0.497 e. The monoisotopic (exact) mass is 266 g/mol. The first-order chi connectivity index (χ1) is 9.67. The van der Waals surface area contributed by atoms with E-state index >= 15 is 0 Å². The zero-order valence-electron chi connectivity index (χ0n) is 11.3. The fourth-order valence-corrected chi connectivity index (χ4v) is 2.13. The molecule has 0 saturated carbocycles. The van der Waals surface area contributed by atoms with E-state index in [1.807, 2.05) is 43.3 Å². The van der Waals surface area contributed by atoms with E-state index in [1.54, 1.807) is 13.3 Å². The van der Waals surface area contributed by atoms with Crippen LogP contribution in [0.2, 0.25) is 0 Å². The van der Waals surface area contributed by atoms with Crippen LogP contribution in [0, 0.1) is 6.92 Å². The lowest BCUT2D eigenvalue weighted by Crippen LogP contribution is -2.14. The first-order valence-corrected chi connectivity index (χ1v) is 6.32.